The van der Waals surface area contributed by atoms with Crippen LogP contribution < -0.4 is 0 Å². The van der Waals surface area contributed by atoms with Gasteiger partial charge in [0, 0.05) is 5.41 Å². The molecule has 1 fully saturated rings. The normalized spacial score (nSPS) is 24.7. The summed E-state index contributed by atoms with van der Waals surface area (Å²) in [5.74, 6) is 0. The lowest BCUT2D eigenvalue weighted by Crippen LogP contribution is -2.16. The van der Waals surface area contributed by atoms with Gasteiger partial charge in [-0.15, -0.1) is 0 Å². The third kappa shape index (κ3) is 6.51. The Morgan fingerprint density at radius 1 is 1.04 bits per heavy atom. The van der Waals surface area contributed by atoms with Gasteiger partial charge in [0.05, 0.1) is 0 Å². The molecule has 0 heterocycles. The van der Waals surface area contributed by atoms with Crippen molar-refractivity contribution in [3.05, 3.63) is 71.9 Å². The maximum Gasteiger partial charge on any atom is 0.0135 e. The van der Waals surface area contributed by atoms with Gasteiger partial charge in [-0.2, -0.15) is 0 Å². The highest BCUT2D eigenvalue weighted by Crippen LogP contribution is 2.47. The molecule has 0 aromatic heterocycles. The van der Waals surface area contributed by atoms with E-state index in [0.717, 1.165) is 6.42 Å². The molecule has 24 heavy (non-hydrogen) atoms. The third-order valence-electron chi connectivity index (χ3n) is 4.61. The van der Waals surface area contributed by atoms with E-state index < -0.39 is 0 Å². The van der Waals surface area contributed by atoms with E-state index in [1.54, 1.807) is 0 Å². The van der Waals surface area contributed by atoms with Gasteiger partial charge < -0.3 is 0 Å². The van der Waals surface area contributed by atoms with Crippen molar-refractivity contribution < 1.29 is 0 Å². The Labute approximate surface area is 151 Å². The van der Waals surface area contributed by atoms with Crippen LogP contribution in [0.1, 0.15) is 73.6 Å². The van der Waals surface area contributed by atoms with Crippen molar-refractivity contribution >= 4 is 0 Å². The minimum absolute atomic E-state index is 0.189. The number of hydrogen-bond acceptors (Lipinski definition) is 0. The summed E-state index contributed by atoms with van der Waals surface area (Å²) in [7, 11) is 0. The lowest BCUT2D eigenvalue weighted by Gasteiger charge is -2.29. The topological polar surface area (TPSA) is 0 Å². The summed E-state index contributed by atoms with van der Waals surface area (Å²) in [5, 5.41) is 0. The molecule has 0 saturated heterocycles. The second-order valence-electron chi connectivity index (χ2n) is 5.94. The minimum Gasteiger partial charge on any atom is -0.0944 e. The molecule has 2 rings (SSSR count). The van der Waals surface area contributed by atoms with Crippen LogP contribution in [0.15, 0.2) is 71.9 Å². The lowest BCUT2D eigenvalue weighted by atomic mass is 9.75. The van der Waals surface area contributed by atoms with E-state index in [9.17, 15) is 0 Å². The fraction of sp³-hybridized carbons (Fsp3) is 0.500. The van der Waals surface area contributed by atoms with Crippen LogP contribution in [-0.2, 0) is 0 Å². The molecule has 2 aliphatic carbocycles. The van der Waals surface area contributed by atoms with Crippen molar-refractivity contribution in [2.75, 3.05) is 0 Å². The van der Waals surface area contributed by atoms with Gasteiger partial charge in [0.1, 0.15) is 0 Å². The molecule has 134 valence electrons. The second kappa shape index (κ2) is 12.8. The van der Waals surface area contributed by atoms with Crippen molar-refractivity contribution in [2.24, 2.45) is 5.41 Å². The first-order chi connectivity index (χ1) is 11.7. The molecule has 0 N–H and O–H groups in total. The van der Waals surface area contributed by atoms with E-state index in [1.165, 1.54) is 42.4 Å². The van der Waals surface area contributed by atoms with Crippen molar-refractivity contribution in [3.63, 3.8) is 0 Å². The first kappa shape index (κ1) is 22.4. The van der Waals surface area contributed by atoms with E-state index in [2.05, 4.69) is 69.0 Å². The molecule has 0 atom stereocenters. The zero-order valence-corrected chi connectivity index (χ0v) is 16.9. The average molecular weight is 327 g/mol. The summed E-state index contributed by atoms with van der Waals surface area (Å²) in [6.07, 6.45) is 23.8. The predicted octanol–water partition coefficient (Wildman–Crippen LogP) is 8.12. The Bertz CT molecular complexity index is 500. The van der Waals surface area contributed by atoms with Crippen LogP contribution in [0.5, 0.6) is 0 Å². The quantitative estimate of drug-likeness (QED) is 0.449. The molecule has 0 aromatic carbocycles. The first-order valence-electron chi connectivity index (χ1n) is 9.72. The van der Waals surface area contributed by atoms with Crippen LogP contribution in [0, 0.1) is 5.41 Å². The van der Waals surface area contributed by atoms with Crippen LogP contribution in [0.25, 0.3) is 0 Å². The van der Waals surface area contributed by atoms with E-state index in [0.29, 0.717) is 0 Å². The lowest BCUT2D eigenvalue weighted by molar-refractivity contribution is 0.488. The largest absolute Gasteiger partial charge is 0.0944 e. The highest BCUT2D eigenvalue weighted by Gasteiger charge is 2.34. The maximum atomic E-state index is 4.46. The highest BCUT2D eigenvalue weighted by atomic mass is 14.4. The second-order valence-corrected chi connectivity index (χ2v) is 5.94. The van der Waals surface area contributed by atoms with Crippen LogP contribution >= 0.6 is 0 Å². The summed E-state index contributed by atoms with van der Waals surface area (Å²) < 4.78 is 0. The third-order valence-corrected chi connectivity index (χ3v) is 4.61. The van der Waals surface area contributed by atoms with Gasteiger partial charge in [0.15, 0.2) is 0 Å². The van der Waals surface area contributed by atoms with Crippen LogP contribution in [0.2, 0.25) is 0 Å². The molecule has 2 aliphatic rings. The fourth-order valence-corrected chi connectivity index (χ4v) is 3.07. The molecule has 0 nitrogen and oxygen atoms in total. The van der Waals surface area contributed by atoms with E-state index in [4.69, 9.17) is 0 Å². The summed E-state index contributed by atoms with van der Waals surface area (Å²) >= 11 is 0. The standard InChI is InChI=1S/C20H26.2C2H6/c1-4-17(2)12-13-19-11-7-5-6-8-14-20(18(19)3)15-9-10-16-20;2*1-2/h4-8,11,13-14H,3,9-10,12,15-16H2,1-2H3;2*1-2H3/b6-5-,11-7+,14-8+,17-4-,19-13-;;. The van der Waals surface area contributed by atoms with E-state index >= 15 is 0 Å². The van der Waals surface area contributed by atoms with E-state index in [-0.39, 0.29) is 5.41 Å². The summed E-state index contributed by atoms with van der Waals surface area (Å²) in [5.41, 5.74) is 4.21. The minimum atomic E-state index is 0.189. The monoisotopic (exact) mass is 326 g/mol. The van der Waals surface area contributed by atoms with Gasteiger partial charge in [-0.05, 0) is 44.3 Å². The molecule has 0 heteroatoms. The van der Waals surface area contributed by atoms with Crippen LogP contribution in [-0.4, -0.2) is 0 Å². The Kier molecular flexibility index (Phi) is 12.0. The zero-order valence-electron chi connectivity index (χ0n) is 16.9. The summed E-state index contributed by atoms with van der Waals surface area (Å²) in [6.45, 7) is 16.7. The molecule has 0 aliphatic heterocycles. The molecule has 0 amide bonds. The Balaban J connectivity index is 0.00000123. The SMILES string of the molecule is C=C1C(=C\C/C(C)=C\C)/C=C/C=C\C=C\C12CCCC2.CC.CC. The van der Waals surface area contributed by atoms with Crippen molar-refractivity contribution in [3.8, 4) is 0 Å². The Hall–Kier alpha value is -1.56. The van der Waals surface area contributed by atoms with Gasteiger partial charge in [-0.25, -0.2) is 0 Å². The number of hydrogen-bond donors (Lipinski definition) is 0. The molecular weight excluding hydrogens is 288 g/mol. The predicted molar refractivity (Wildman–Crippen MR) is 112 cm³/mol. The van der Waals surface area contributed by atoms with Crippen molar-refractivity contribution in [1.29, 1.82) is 0 Å². The van der Waals surface area contributed by atoms with Crippen LogP contribution in [0.4, 0.5) is 0 Å². The number of allylic oxidation sites excluding steroid dienone is 11. The van der Waals surface area contributed by atoms with E-state index in [1.807, 2.05) is 27.7 Å². The van der Waals surface area contributed by atoms with Gasteiger partial charge >= 0.3 is 0 Å². The zero-order chi connectivity index (χ0) is 18.4. The maximum absolute atomic E-state index is 4.46. The van der Waals surface area contributed by atoms with Gasteiger partial charge in [-0.3, -0.25) is 0 Å². The molecular formula is C24H38. The van der Waals surface area contributed by atoms with Crippen molar-refractivity contribution in [1.82, 2.24) is 0 Å². The molecule has 0 bridgehead atoms. The average Bonchev–Trinajstić information content (AvgIpc) is 3.14. The molecule has 0 radical (unpaired) electrons. The molecule has 1 spiro atoms. The highest BCUT2D eigenvalue weighted by molar-refractivity contribution is 5.47. The molecule has 1 saturated carbocycles. The Morgan fingerprint density at radius 3 is 2.21 bits per heavy atom. The summed E-state index contributed by atoms with van der Waals surface area (Å²) in [6, 6.07) is 0. The molecule has 0 unspecified atom stereocenters. The van der Waals surface area contributed by atoms with Crippen LogP contribution in [0.3, 0.4) is 0 Å². The summed E-state index contributed by atoms with van der Waals surface area (Å²) in [4.78, 5) is 0. The first-order valence-corrected chi connectivity index (χ1v) is 9.72. The van der Waals surface area contributed by atoms with Gasteiger partial charge in [-0.1, -0.05) is 101 Å². The smallest absolute Gasteiger partial charge is 0.0135 e. The van der Waals surface area contributed by atoms with Crippen molar-refractivity contribution in [2.45, 2.75) is 73.6 Å². The fourth-order valence-electron chi connectivity index (χ4n) is 3.07. The number of rotatable bonds is 2. The van der Waals surface area contributed by atoms with Gasteiger partial charge in [0.25, 0.3) is 0 Å². The van der Waals surface area contributed by atoms with Gasteiger partial charge in [0.2, 0.25) is 0 Å². The Morgan fingerprint density at radius 2 is 1.62 bits per heavy atom. The molecule has 0 aromatic rings.